The molecule has 4 nitrogen and oxygen atoms in total. The number of aromatic nitrogens is 2. The van der Waals surface area contributed by atoms with Crippen LogP contribution in [0.3, 0.4) is 0 Å². The van der Waals surface area contributed by atoms with Crippen LogP contribution in [-0.4, -0.2) is 21.3 Å². The first-order chi connectivity index (χ1) is 7.90. The molecule has 2 aromatic rings. The molecule has 0 spiro atoms. The van der Waals surface area contributed by atoms with Crippen LogP contribution in [0.2, 0.25) is 5.15 Å². The molecule has 0 atom stereocenters. The number of benzene rings is 1. The number of H-pyrrole nitrogens is 1. The Kier molecular flexibility index (Phi) is 2.83. The molecular formula is C12H13ClN2O2. The van der Waals surface area contributed by atoms with Gasteiger partial charge in [0.05, 0.1) is 11.9 Å². The van der Waals surface area contributed by atoms with E-state index in [-0.39, 0.29) is 6.42 Å². The minimum Gasteiger partial charge on any atom is -0.481 e. The van der Waals surface area contributed by atoms with E-state index < -0.39 is 11.4 Å². The summed E-state index contributed by atoms with van der Waals surface area (Å²) in [6.45, 7) is 3.80. The second-order valence-corrected chi connectivity index (χ2v) is 5.10. The molecule has 1 heterocycles. The van der Waals surface area contributed by atoms with Crippen molar-refractivity contribution in [2.45, 2.75) is 25.7 Å². The van der Waals surface area contributed by atoms with E-state index in [0.29, 0.717) is 5.15 Å². The van der Waals surface area contributed by atoms with Gasteiger partial charge in [-0.25, -0.2) is 0 Å². The predicted octanol–water partition coefficient (Wildman–Crippen LogP) is 2.97. The van der Waals surface area contributed by atoms with Crippen molar-refractivity contribution in [1.29, 1.82) is 0 Å². The van der Waals surface area contributed by atoms with Gasteiger partial charge < -0.3 is 5.11 Å². The molecule has 0 aliphatic rings. The minimum absolute atomic E-state index is 0.0774. The van der Waals surface area contributed by atoms with Crippen LogP contribution in [0.4, 0.5) is 0 Å². The molecular weight excluding hydrogens is 240 g/mol. The zero-order chi connectivity index (χ0) is 12.6. The van der Waals surface area contributed by atoms with Crippen LogP contribution >= 0.6 is 11.6 Å². The van der Waals surface area contributed by atoms with Crippen LogP contribution in [-0.2, 0) is 10.2 Å². The van der Waals surface area contributed by atoms with Crippen LogP contribution < -0.4 is 0 Å². The number of carboxylic acid groups (broad SMARTS) is 1. The second-order valence-electron chi connectivity index (χ2n) is 4.72. The number of fused-ring (bicyclic) bond motifs is 1. The smallest absolute Gasteiger partial charge is 0.304 e. The van der Waals surface area contributed by atoms with Crippen LogP contribution in [0, 0.1) is 0 Å². The summed E-state index contributed by atoms with van der Waals surface area (Å²) < 4.78 is 0. The number of aromatic amines is 1. The average molecular weight is 253 g/mol. The number of nitrogens with zero attached hydrogens (tertiary/aromatic N) is 1. The van der Waals surface area contributed by atoms with Gasteiger partial charge in [0.1, 0.15) is 5.15 Å². The molecule has 0 aliphatic heterocycles. The zero-order valence-corrected chi connectivity index (χ0v) is 10.4. The van der Waals surface area contributed by atoms with Crippen molar-refractivity contribution in [3.63, 3.8) is 0 Å². The summed E-state index contributed by atoms with van der Waals surface area (Å²) in [5.41, 5.74) is 1.29. The summed E-state index contributed by atoms with van der Waals surface area (Å²) in [6.07, 6.45) is 0.0774. The molecule has 0 amide bonds. The van der Waals surface area contributed by atoms with Gasteiger partial charge >= 0.3 is 5.97 Å². The Morgan fingerprint density at radius 1 is 1.53 bits per heavy atom. The van der Waals surface area contributed by atoms with E-state index in [4.69, 9.17) is 16.7 Å². The van der Waals surface area contributed by atoms with Crippen molar-refractivity contribution in [2.24, 2.45) is 0 Å². The van der Waals surface area contributed by atoms with E-state index in [0.717, 1.165) is 16.5 Å². The second kappa shape index (κ2) is 4.04. The average Bonchev–Trinajstić information content (AvgIpc) is 2.58. The molecule has 0 bridgehead atoms. The number of halogens is 1. The molecule has 17 heavy (non-hydrogen) atoms. The molecule has 0 aliphatic carbocycles. The molecule has 0 fully saturated rings. The van der Waals surface area contributed by atoms with Gasteiger partial charge in [0.15, 0.2) is 0 Å². The van der Waals surface area contributed by atoms with Crippen molar-refractivity contribution in [1.82, 2.24) is 10.2 Å². The lowest BCUT2D eigenvalue weighted by Crippen LogP contribution is -2.21. The lowest BCUT2D eigenvalue weighted by atomic mass is 9.81. The fourth-order valence-corrected chi connectivity index (χ4v) is 2.07. The Labute approximate surface area is 104 Å². The lowest BCUT2D eigenvalue weighted by molar-refractivity contribution is -0.138. The van der Waals surface area contributed by atoms with E-state index in [1.54, 1.807) is 0 Å². The van der Waals surface area contributed by atoms with Gasteiger partial charge in [0.25, 0.3) is 0 Å². The molecule has 2 N–H and O–H groups in total. The predicted molar refractivity (Wildman–Crippen MR) is 66.4 cm³/mol. The number of hydrogen-bond donors (Lipinski definition) is 2. The number of hydrogen-bond acceptors (Lipinski definition) is 2. The molecule has 0 unspecified atom stereocenters. The number of carboxylic acids is 1. The molecule has 5 heteroatoms. The number of nitrogens with one attached hydrogen (secondary N) is 1. The molecule has 0 radical (unpaired) electrons. The maximum Gasteiger partial charge on any atom is 0.304 e. The molecule has 90 valence electrons. The Bertz CT molecular complexity index is 575. The van der Waals surface area contributed by atoms with Gasteiger partial charge in [-0.2, -0.15) is 5.10 Å². The molecule has 1 aromatic carbocycles. The highest BCUT2D eigenvalue weighted by Gasteiger charge is 2.24. The summed E-state index contributed by atoms with van der Waals surface area (Å²) in [5.74, 6) is -0.812. The molecule has 0 saturated heterocycles. The highest BCUT2D eigenvalue weighted by molar-refractivity contribution is 6.34. The van der Waals surface area contributed by atoms with E-state index in [1.807, 2.05) is 32.0 Å². The van der Waals surface area contributed by atoms with Gasteiger partial charge in [0.2, 0.25) is 0 Å². The van der Waals surface area contributed by atoms with E-state index in [2.05, 4.69) is 10.2 Å². The maximum absolute atomic E-state index is 10.8. The standard InChI is InChI=1S/C12H13ClN2O2/c1-12(2,6-10(16)17)7-3-4-9-8(5-7)11(13)15-14-9/h3-5H,6H2,1-2H3,(H,14,15)(H,16,17). The maximum atomic E-state index is 10.8. The highest BCUT2D eigenvalue weighted by Crippen LogP contribution is 2.31. The number of carbonyl (C=O) groups is 1. The van der Waals surface area contributed by atoms with Crippen molar-refractivity contribution < 1.29 is 9.90 Å². The van der Waals surface area contributed by atoms with Crippen LogP contribution in [0.5, 0.6) is 0 Å². The summed E-state index contributed by atoms with van der Waals surface area (Å²) >= 11 is 5.97. The van der Waals surface area contributed by atoms with Gasteiger partial charge in [-0.1, -0.05) is 31.5 Å². The topological polar surface area (TPSA) is 66.0 Å². The van der Waals surface area contributed by atoms with E-state index >= 15 is 0 Å². The van der Waals surface area contributed by atoms with Crippen molar-refractivity contribution in [3.05, 3.63) is 28.9 Å². The highest BCUT2D eigenvalue weighted by atomic mass is 35.5. The first kappa shape index (κ1) is 11.9. The van der Waals surface area contributed by atoms with Crippen LogP contribution in [0.1, 0.15) is 25.8 Å². The largest absolute Gasteiger partial charge is 0.481 e. The van der Waals surface area contributed by atoms with Crippen molar-refractivity contribution in [3.8, 4) is 0 Å². The Morgan fingerprint density at radius 2 is 2.24 bits per heavy atom. The Hall–Kier alpha value is -1.55. The third-order valence-corrected chi connectivity index (χ3v) is 3.17. The quantitative estimate of drug-likeness (QED) is 0.883. The molecule has 2 rings (SSSR count). The normalized spacial score (nSPS) is 11.9. The van der Waals surface area contributed by atoms with E-state index in [9.17, 15) is 4.79 Å². The molecule has 0 saturated carbocycles. The zero-order valence-electron chi connectivity index (χ0n) is 9.62. The minimum atomic E-state index is -0.812. The fourth-order valence-electron chi connectivity index (χ4n) is 1.88. The fraction of sp³-hybridized carbons (Fsp3) is 0.333. The van der Waals surface area contributed by atoms with Gasteiger partial charge in [-0.15, -0.1) is 0 Å². The SMILES string of the molecule is CC(C)(CC(=O)O)c1ccc2n[nH]c(Cl)c2c1. The van der Waals surface area contributed by atoms with Crippen LogP contribution in [0.25, 0.3) is 10.9 Å². The summed E-state index contributed by atoms with van der Waals surface area (Å²) in [5, 5.41) is 16.9. The van der Waals surface area contributed by atoms with Gasteiger partial charge in [-0.05, 0) is 17.7 Å². The Morgan fingerprint density at radius 3 is 2.88 bits per heavy atom. The number of aliphatic carboxylic acids is 1. The molecule has 1 aromatic heterocycles. The number of rotatable bonds is 3. The van der Waals surface area contributed by atoms with Crippen LogP contribution in [0.15, 0.2) is 18.2 Å². The van der Waals surface area contributed by atoms with Gasteiger partial charge in [-0.3, -0.25) is 9.89 Å². The lowest BCUT2D eigenvalue weighted by Gasteiger charge is -2.23. The third-order valence-electron chi connectivity index (χ3n) is 2.88. The summed E-state index contributed by atoms with van der Waals surface area (Å²) in [6, 6.07) is 5.63. The first-order valence-corrected chi connectivity index (χ1v) is 5.64. The first-order valence-electron chi connectivity index (χ1n) is 5.26. The summed E-state index contributed by atoms with van der Waals surface area (Å²) in [7, 11) is 0. The summed E-state index contributed by atoms with van der Waals surface area (Å²) in [4.78, 5) is 10.8. The Balaban J connectivity index is 2.48. The van der Waals surface area contributed by atoms with E-state index in [1.165, 1.54) is 0 Å². The third kappa shape index (κ3) is 2.26. The van der Waals surface area contributed by atoms with Gasteiger partial charge in [0, 0.05) is 10.8 Å². The van der Waals surface area contributed by atoms with Crippen molar-refractivity contribution in [2.75, 3.05) is 0 Å². The van der Waals surface area contributed by atoms with Crippen molar-refractivity contribution >= 4 is 28.5 Å². The monoisotopic (exact) mass is 252 g/mol.